The first-order valence-electron chi connectivity index (χ1n) is 7.61. The molecule has 21 heavy (non-hydrogen) atoms. The second-order valence-corrected chi connectivity index (χ2v) is 6.14. The molecule has 0 aromatic heterocycles. The molecule has 0 amide bonds. The van der Waals surface area contributed by atoms with Crippen LogP contribution in [0.3, 0.4) is 0 Å². The third-order valence-electron chi connectivity index (χ3n) is 4.47. The lowest BCUT2D eigenvalue weighted by atomic mass is 9.88. The summed E-state index contributed by atoms with van der Waals surface area (Å²) >= 11 is 0. The Morgan fingerprint density at radius 3 is 2.86 bits per heavy atom. The van der Waals surface area contributed by atoms with Crippen molar-refractivity contribution in [3.05, 3.63) is 29.6 Å². The number of nitrogens with zero attached hydrogens (tertiary/aromatic N) is 1. The Kier molecular flexibility index (Phi) is 3.74. The molecule has 5 heteroatoms. The molecule has 1 aromatic rings. The normalized spacial score (nSPS) is 26.3. The molecule has 1 saturated carbocycles. The summed E-state index contributed by atoms with van der Waals surface area (Å²) in [6, 6.07) is 5.82. The molecular formula is C16H22FN3O. The zero-order valence-electron chi connectivity index (χ0n) is 12.4. The maximum atomic E-state index is 14.3. The minimum atomic E-state index is -0.653. The third-order valence-corrected chi connectivity index (χ3v) is 4.47. The fourth-order valence-corrected chi connectivity index (χ4v) is 3.21. The molecule has 1 heterocycles. The summed E-state index contributed by atoms with van der Waals surface area (Å²) in [5, 5.41) is 3.50. The van der Waals surface area contributed by atoms with E-state index >= 15 is 0 Å². The average molecular weight is 291 g/mol. The number of amidine groups is 1. The molecule has 0 radical (unpaired) electrons. The summed E-state index contributed by atoms with van der Waals surface area (Å²) < 4.78 is 19.4. The molecule has 4 nitrogen and oxygen atoms in total. The highest BCUT2D eigenvalue weighted by atomic mass is 19.1. The zero-order valence-corrected chi connectivity index (χ0v) is 12.4. The summed E-state index contributed by atoms with van der Waals surface area (Å²) in [6.07, 6.45) is 5.52. The molecule has 1 aromatic carbocycles. The number of halogens is 1. The van der Waals surface area contributed by atoms with Crippen molar-refractivity contribution in [2.45, 2.75) is 50.6 Å². The minimum Gasteiger partial charge on any atom is -0.465 e. The van der Waals surface area contributed by atoms with Crippen LogP contribution in [0.4, 0.5) is 10.1 Å². The smallest absolute Gasteiger partial charge is 0.282 e. The number of aliphatic imine (C=N–C) groups is 1. The number of anilines is 1. The Morgan fingerprint density at radius 1 is 1.38 bits per heavy atom. The van der Waals surface area contributed by atoms with Gasteiger partial charge in [0.25, 0.3) is 6.02 Å². The van der Waals surface area contributed by atoms with Gasteiger partial charge in [-0.1, -0.05) is 12.8 Å². The number of hydrogen-bond acceptors (Lipinski definition) is 4. The van der Waals surface area contributed by atoms with Crippen LogP contribution in [0.25, 0.3) is 0 Å². The average Bonchev–Trinajstić information content (AvgIpc) is 2.93. The van der Waals surface area contributed by atoms with E-state index in [9.17, 15) is 4.39 Å². The highest BCUT2D eigenvalue weighted by Crippen LogP contribution is 2.35. The first kappa shape index (κ1) is 14.2. The summed E-state index contributed by atoms with van der Waals surface area (Å²) in [6.45, 7) is 2.37. The Balaban J connectivity index is 1.88. The van der Waals surface area contributed by atoms with Gasteiger partial charge in [-0.2, -0.15) is 0 Å². The fraction of sp³-hybridized carbons (Fsp3) is 0.562. The number of nitrogens with two attached hydrogens (primary N) is 1. The van der Waals surface area contributed by atoms with Gasteiger partial charge in [0.2, 0.25) is 0 Å². The van der Waals surface area contributed by atoms with Crippen LogP contribution in [0.1, 0.15) is 44.6 Å². The molecule has 0 bridgehead atoms. The lowest BCUT2D eigenvalue weighted by molar-refractivity contribution is 0.215. The summed E-state index contributed by atoms with van der Waals surface area (Å²) in [5.41, 5.74) is 6.54. The monoisotopic (exact) mass is 291 g/mol. The van der Waals surface area contributed by atoms with Crippen LogP contribution in [0.2, 0.25) is 0 Å². The molecule has 3 N–H and O–H groups in total. The molecule has 1 fully saturated rings. The number of hydrogen-bond donors (Lipinski definition) is 2. The minimum absolute atomic E-state index is 0.136. The van der Waals surface area contributed by atoms with Crippen molar-refractivity contribution in [1.29, 1.82) is 0 Å². The van der Waals surface area contributed by atoms with Crippen molar-refractivity contribution >= 4 is 11.7 Å². The van der Waals surface area contributed by atoms with Gasteiger partial charge >= 0.3 is 0 Å². The van der Waals surface area contributed by atoms with E-state index in [0.717, 1.165) is 5.69 Å². The molecule has 2 aliphatic rings. The molecule has 0 saturated heterocycles. The van der Waals surface area contributed by atoms with E-state index in [0.29, 0.717) is 24.6 Å². The topological polar surface area (TPSA) is 59.6 Å². The second kappa shape index (κ2) is 5.54. The van der Waals surface area contributed by atoms with Gasteiger partial charge in [-0.15, -0.1) is 0 Å². The first-order valence-corrected chi connectivity index (χ1v) is 7.61. The van der Waals surface area contributed by atoms with Crippen LogP contribution < -0.4 is 11.1 Å². The largest absolute Gasteiger partial charge is 0.465 e. The van der Waals surface area contributed by atoms with Gasteiger partial charge in [0.1, 0.15) is 5.82 Å². The SMILES string of the molecule is CC1(c2cc(NC3CCCC3)ccc2F)CCOC(N)=N1. The number of nitrogens with one attached hydrogen (secondary N) is 1. The van der Waals surface area contributed by atoms with Gasteiger partial charge < -0.3 is 15.8 Å². The quantitative estimate of drug-likeness (QED) is 0.899. The Bertz CT molecular complexity index is 554. The lowest BCUT2D eigenvalue weighted by Gasteiger charge is -2.30. The molecule has 1 aliphatic carbocycles. The van der Waals surface area contributed by atoms with E-state index in [-0.39, 0.29) is 11.8 Å². The maximum Gasteiger partial charge on any atom is 0.282 e. The predicted octanol–water partition coefficient (Wildman–Crippen LogP) is 3.13. The van der Waals surface area contributed by atoms with Gasteiger partial charge in [-0.05, 0) is 38.0 Å². The highest BCUT2D eigenvalue weighted by molar-refractivity contribution is 5.73. The number of ether oxygens (including phenoxy) is 1. The van der Waals surface area contributed by atoms with E-state index in [1.807, 2.05) is 13.0 Å². The fourth-order valence-electron chi connectivity index (χ4n) is 3.21. The van der Waals surface area contributed by atoms with Crippen molar-refractivity contribution in [3.63, 3.8) is 0 Å². The summed E-state index contributed by atoms with van der Waals surface area (Å²) in [5.74, 6) is -0.243. The molecule has 3 rings (SSSR count). The van der Waals surface area contributed by atoms with Gasteiger partial charge in [0.15, 0.2) is 0 Å². The second-order valence-electron chi connectivity index (χ2n) is 6.14. The van der Waals surface area contributed by atoms with Gasteiger partial charge in [0, 0.05) is 23.7 Å². The first-order chi connectivity index (χ1) is 10.1. The van der Waals surface area contributed by atoms with Crippen molar-refractivity contribution in [2.75, 3.05) is 11.9 Å². The van der Waals surface area contributed by atoms with Crippen molar-refractivity contribution in [3.8, 4) is 0 Å². The van der Waals surface area contributed by atoms with E-state index in [2.05, 4.69) is 10.3 Å². The summed E-state index contributed by atoms with van der Waals surface area (Å²) in [7, 11) is 0. The predicted molar refractivity (Wildman–Crippen MR) is 81.8 cm³/mol. The number of rotatable bonds is 3. The molecule has 114 valence electrons. The molecule has 0 spiro atoms. The maximum absolute atomic E-state index is 14.3. The summed E-state index contributed by atoms with van der Waals surface area (Å²) in [4.78, 5) is 4.32. The van der Waals surface area contributed by atoms with E-state index < -0.39 is 5.54 Å². The Labute approximate surface area is 124 Å². The molecule has 1 unspecified atom stereocenters. The van der Waals surface area contributed by atoms with Crippen molar-refractivity contribution < 1.29 is 9.13 Å². The highest BCUT2D eigenvalue weighted by Gasteiger charge is 2.33. The van der Waals surface area contributed by atoms with Crippen molar-refractivity contribution in [1.82, 2.24) is 0 Å². The van der Waals surface area contributed by atoms with Crippen LogP contribution in [-0.4, -0.2) is 18.7 Å². The molecule has 1 aliphatic heterocycles. The Hall–Kier alpha value is -1.78. The van der Waals surface area contributed by atoms with Gasteiger partial charge in [-0.25, -0.2) is 9.38 Å². The standard InChI is InChI=1S/C16H22FN3O/c1-16(8-9-21-15(18)20-16)13-10-12(6-7-14(13)17)19-11-4-2-3-5-11/h6-7,10-11,19H,2-5,8-9H2,1H3,(H2,18,20). The molecule has 1 atom stereocenters. The van der Waals surface area contributed by atoms with Crippen molar-refractivity contribution in [2.24, 2.45) is 10.7 Å². The number of benzene rings is 1. The van der Waals surface area contributed by atoms with E-state index in [4.69, 9.17) is 10.5 Å². The van der Waals surface area contributed by atoms with Crippen LogP contribution >= 0.6 is 0 Å². The Morgan fingerprint density at radius 2 is 2.14 bits per heavy atom. The lowest BCUT2D eigenvalue weighted by Crippen LogP contribution is -2.34. The molecular weight excluding hydrogens is 269 g/mol. The van der Waals surface area contributed by atoms with Gasteiger partial charge in [-0.3, -0.25) is 0 Å². The van der Waals surface area contributed by atoms with E-state index in [1.54, 1.807) is 6.07 Å². The van der Waals surface area contributed by atoms with Crippen LogP contribution in [0.15, 0.2) is 23.2 Å². The zero-order chi connectivity index (χ0) is 14.9. The van der Waals surface area contributed by atoms with Crippen LogP contribution in [0.5, 0.6) is 0 Å². The third kappa shape index (κ3) is 2.96. The van der Waals surface area contributed by atoms with Crippen LogP contribution in [0, 0.1) is 5.82 Å². The van der Waals surface area contributed by atoms with Crippen LogP contribution in [-0.2, 0) is 10.3 Å². The van der Waals surface area contributed by atoms with Gasteiger partial charge in [0.05, 0.1) is 12.1 Å². The van der Waals surface area contributed by atoms with E-state index in [1.165, 1.54) is 31.7 Å².